The van der Waals surface area contributed by atoms with E-state index in [1.807, 2.05) is 0 Å². The van der Waals surface area contributed by atoms with E-state index in [1.54, 1.807) is 18.3 Å². The van der Waals surface area contributed by atoms with Crippen LogP contribution in [-0.2, 0) is 9.59 Å². The summed E-state index contributed by atoms with van der Waals surface area (Å²) in [7, 11) is 0. The number of nitrogens with zero attached hydrogens (tertiary/aromatic N) is 1. The van der Waals surface area contributed by atoms with E-state index < -0.39 is 6.04 Å². The Morgan fingerprint density at radius 3 is 3.00 bits per heavy atom. The Kier molecular flexibility index (Phi) is 2.72. The van der Waals surface area contributed by atoms with Gasteiger partial charge in [-0.2, -0.15) is 0 Å². The largest absolute Gasteiger partial charge is 0.396 e. The molecule has 2 heterocycles. The lowest BCUT2D eigenvalue weighted by Crippen LogP contribution is -2.47. The van der Waals surface area contributed by atoms with Gasteiger partial charge in [0.05, 0.1) is 5.69 Å². The van der Waals surface area contributed by atoms with Crippen LogP contribution in [0.3, 0.4) is 0 Å². The van der Waals surface area contributed by atoms with Crippen molar-refractivity contribution < 1.29 is 9.59 Å². The molecule has 0 radical (unpaired) electrons. The van der Waals surface area contributed by atoms with Gasteiger partial charge in [0, 0.05) is 12.6 Å². The van der Waals surface area contributed by atoms with Gasteiger partial charge in [-0.15, -0.1) is 0 Å². The van der Waals surface area contributed by atoms with Crippen molar-refractivity contribution in [3.8, 4) is 0 Å². The van der Waals surface area contributed by atoms with Crippen LogP contribution in [0, 0.1) is 0 Å². The van der Waals surface area contributed by atoms with E-state index in [-0.39, 0.29) is 11.8 Å². The maximum atomic E-state index is 11.5. The van der Waals surface area contributed by atoms with E-state index >= 15 is 0 Å². The number of hydrogen-bond donors (Lipinski definition) is 3. The number of amides is 2. The highest BCUT2D eigenvalue weighted by Gasteiger charge is 2.26. The topological polar surface area (TPSA) is 97.1 Å². The van der Waals surface area contributed by atoms with Crippen LogP contribution in [0.25, 0.3) is 0 Å². The first kappa shape index (κ1) is 10.4. The molecule has 16 heavy (non-hydrogen) atoms. The van der Waals surface area contributed by atoms with Crippen LogP contribution >= 0.6 is 0 Å². The molecule has 0 aromatic carbocycles. The summed E-state index contributed by atoms with van der Waals surface area (Å²) in [5, 5.41) is 5.18. The standard InChI is InChI=1S/C10H12N4O2/c11-6-2-1-5-12-9(6)13-7-3-4-8(15)14-10(7)16/h1-2,5,7H,3-4,11H2,(H,12,13)(H,14,15,16). The summed E-state index contributed by atoms with van der Waals surface area (Å²) in [5.74, 6) is -0.102. The lowest BCUT2D eigenvalue weighted by Gasteiger charge is -2.22. The molecule has 0 aliphatic carbocycles. The highest BCUT2D eigenvalue weighted by molar-refractivity contribution is 6.01. The van der Waals surface area contributed by atoms with Crippen LogP contribution in [0.1, 0.15) is 12.8 Å². The number of carbonyl (C=O) groups is 2. The molecule has 4 N–H and O–H groups in total. The van der Waals surface area contributed by atoms with Crippen molar-refractivity contribution in [1.29, 1.82) is 0 Å². The second kappa shape index (κ2) is 4.18. The summed E-state index contributed by atoms with van der Waals surface area (Å²) < 4.78 is 0. The second-order valence-electron chi connectivity index (χ2n) is 3.59. The zero-order chi connectivity index (χ0) is 11.5. The average molecular weight is 220 g/mol. The SMILES string of the molecule is Nc1cccnc1NC1CCC(=O)NC1=O. The molecule has 1 saturated heterocycles. The van der Waals surface area contributed by atoms with Gasteiger partial charge in [-0.05, 0) is 18.6 Å². The molecular weight excluding hydrogens is 208 g/mol. The zero-order valence-corrected chi connectivity index (χ0v) is 8.56. The fourth-order valence-electron chi connectivity index (χ4n) is 1.53. The third kappa shape index (κ3) is 2.10. The minimum Gasteiger partial charge on any atom is -0.396 e. The third-order valence-corrected chi connectivity index (χ3v) is 2.39. The van der Waals surface area contributed by atoms with Crippen molar-refractivity contribution in [3.63, 3.8) is 0 Å². The molecule has 1 unspecified atom stereocenters. The van der Waals surface area contributed by atoms with Gasteiger partial charge in [-0.25, -0.2) is 4.98 Å². The summed E-state index contributed by atoms with van der Waals surface area (Å²) >= 11 is 0. The molecule has 1 aromatic rings. The van der Waals surface area contributed by atoms with Crippen LogP contribution in [0.2, 0.25) is 0 Å². The molecule has 1 aliphatic rings. The highest BCUT2D eigenvalue weighted by Crippen LogP contribution is 2.17. The molecule has 2 rings (SSSR count). The third-order valence-electron chi connectivity index (χ3n) is 2.39. The Bertz CT molecular complexity index is 433. The molecule has 6 heteroatoms. The van der Waals surface area contributed by atoms with Crippen molar-refractivity contribution in [2.24, 2.45) is 0 Å². The number of aromatic nitrogens is 1. The molecule has 1 fully saturated rings. The van der Waals surface area contributed by atoms with E-state index in [0.717, 1.165) is 0 Å². The summed E-state index contributed by atoms with van der Waals surface area (Å²) in [6.07, 6.45) is 2.38. The van der Waals surface area contributed by atoms with Crippen molar-refractivity contribution in [3.05, 3.63) is 18.3 Å². The molecule has 1 atom stereocenters. The molecule has 6 nitrogen and oxygen atoms in total. The molecule has 0 bridgehead atoms. The van der Waals surface area contributed by atoms with Crippen LogP contribution < -0.4 is 16.4 Å². The fourth-order valence-corrected chi connectivity index (χ4v) is 1.53. The smallest absolute Gasteiger partial charge is 0.249 e. The van der Waals surface area contributed by atoms with Crippen LogP contribution in [0.15, 0.2) is 18.3 Å². The maximum Gasteiger partial charge on any atom is 0.249 e. The number of rotatable bonds is 2. The average Bonchev–Trinajstić information content (AvgIpc) is 2.25. The zero-order valence-electron chi connectivity index (χ0n) is 8.56. The number of nitrogens with two attached hydrogens (primary N) is 1. The highest BCUT2D eigenvalue weighted by atomic mass is 16.2. The normalized spacial score (nSPS) is 20.4. The van der Waals surface area contributed by atoms with Crippen molar-refractivity contribution in [2.45, 2.75) is 18.9 Å². The number of nitrogens with one attached hydrogen (secondary N) is 2. The minimum atomic E-state index is -0.449. The molecule has 1 aliphatic heterocycles. The fraction of sp³-hybridized carbons (Fsp3) is 0.300. The lowest BCUT2D eigenvalue weighted by atomic mass is 10.1. The van der Waals surface area contributed by atoms with Gasteiger partial charge in [0.1, 0.15) is 11.9 Å². The second-order valence-corrected chi connectivity index (χ2v) is 3.59. The van der Waals surface area contributed by atoms with Gasteiger partial charge < -0.3 is 11.1 Å². The number of pyridine rings is 1. The van der Waals surface area contributed by atoms with Gasteiger partial charge in [0.15, 0.2) is 0 Å². The Balaban J connectivity index is 2.08. The molecule has 1 aromatic heterocycles. The summed E-state index contributed by atoms with van der Waals surface area (Å²) in [6, 6.07) is 2.96. The van der Waals surface area contributed by atoms with Crippen molar-refractivity contribution >= 4 is 23.3 Å². The number of anilines is 2. The van der Waals surface area contributed by atoms with Gasteiger partial charge >= 0.3 is 0 Å². The van der Waals surface area contributed by atoms with Gasteiger partial charge in [-0.3, -0.25) is 14.9 Å². The van der Waals surface area contributed by atoms with Gasteiger partial charge in [0.2, 0.25) is 11.8 Å². The first-order valence-corrected chi connectivity index (χ1v) is 4.97. The molecule has 0 spiro atoms. The van der Waals surface area contributed by atoms with Gasteiger partial charge in [-0.1, -0.05) is 0 Å². The number of piperidine rings is 1. The first-order chi connectivity index (χ1) is 7.66. The summed E-state index contributed by atoms with van der Waals surface area (Å²) in [5.41, 5.74) is 6.17. The molecule has 0 saturated carbocycles. The quantitative estimate of drug-likeness (QED) is 0.604. The number of nitrogen functional groups attached to an aromatic ring is 1. The Morgan fingerprint density at radius 2 is 2.31 bits per heavy atom. The van der Waals surface area contributed by atoms with E-state index in [0.29, 0.717) is 24.3 Å². The van der Waals surface area contributed by atoms with Crippen LogP contribution in [0.5, 0.6) is 0 Å². The predicted octanol–water partition coefficient (Wildman–Crippen LogP) is -0.119. The Labute approximate surface area is 92.2 Å². The number of carbonyl (C=O) groups excluding carboxylic acids is 2. The maximum absolute atomic E-state index is 11.5. The first-order valence-electron chi connectivity index (χ1n) is 4.97. The Morgan fingerprint density at radius 1 is 1.50 bits per heavy atom. The predicted molar refractivity (Wildman–Crippen MR) is 58.4 cm³/mol. The van der Waals surface area contributed by atoms with E-state index in [4.69, 9.17) is 5.73 Å². The van der Waals surface area contributed by atoms with Crippen LogP contribution in [0.4, 0.5) is 11.5 Å². The molecular formula is C10H12N4O2. The van der Waals surface area contributed by atoms with Crippen molar-refractivity contribution in [2.75, 3.05) is 11.1 Å². The van der Waals surface area contributed by atoms with E-state index in [1.165, 1.54) is 0 Å². The summed E-state index contributed by atoms with van der Waals surface area (Å²) in [6.45, 7) is 0. The number of imide groups is 1. The van der Waals surface area contributed by atoms with Gasteiger partial charge in [0.25, 0.3) is 0 Å². The van der Waals surface area contributed by atoms with Crippen LogP contribution in [-0.4, -0.2) is 22.8 Å². The van der Waals surface area contributed by atoms with E-state index in [2.05, 4.69) is 15.6 Å². The summed E-state index contributed by atoms with van der Waals surface area (Å²) in [4.78, 5) is 26.4. The minimum absolute atomic E-state index is 0.239. The monoisotopic (exact) mass is 220 g/mol. The Hall–Kier alpha value is -2.11. The van der Waals surface area contributed by atoms with Crippen molar-refractivity contribution in [1.82, 2.24) is 10.3 Å². The molecule has 2 amide bonds. The molecule has 84 valence electrons. The van der Waals surface area contributed by atoms with E-state index in [9.17, 15) is 9.59 Å². The lowest BCUT2D eigenvalue weighted by molar-refractivity contribution is -0.133. The number of hydrogen-bond acceptors (Lipinski definition) is 5.